The summed E-state index contributed by atoms with van der Waals surface area (Å²) in [4.78, 5) is 34.4. The van der Waals surface area contributed by atoms with Crippen LogP contribution in [-0.2, 0) is 19.6 Å². The number of methoxy groups -OCH3 is 1. The first-order valence-corrected chi connectivity index (χ1v) is 13.0. The molecule has 0 aliphatic rings. The molecule has 3 aromatic rings. The molecule has 0 radical (unpaired) electrons. The second-order valence-electron chi connectivity index (χ2n) is 8.41. The molecule has 0 atom stereocenters. The zero-order valence-electron chi connectivity index (χ0n) is 21.7. The zero-order chi connectivity index (χ0) is 28.7. The fourth-order valence-electron chi connectivity index (χ4n) is 3.51. The number of hydrazone groups is 1. The number of carbonyl (C=O) groups excluding carboxylic acids is 2. The Bertz CT molecular complexity index is 1520. The predicted molar refractivity (Wildman–Crippen MR) is 146 cm³/mol. The number of amides is 2. The van der Waals surface area contributed by atoms with Gasteiger partial charge in [0.2, 0.25) is 5.91 Å². The van der Waals surface area contributed by atoms with Crippen molar-refractivity contribution in [3.8, 4) is 5.75 Å². The molecule has 0 unspecified atom stereocenters. The van der Waals surface area contributed by atoms with Gasteiger partial charge in [-0.3, -0.25) is 24.0 Å². The van der Waals surface area contributed by atoms with Crippen molar-refractivity contribution in [1.29, 1.82) is 0 Å². The minimum Gasteiger partial charge on any atom is -0.497 e. The highest BCUT2D eigenvalue weighted by atomic mass is 32.2. The second kappa shape index (κ2) is 12.2. The maximum Gasteiger partial charge on any atom is 0.273 e. The van der Waals surface area contributed by atoms with Gasteiger partial charge in [-0.15, -0.1) is 0 Å². The van der Waals surface area contributed by atoms with Crippen molar-refractivity contribution >= 4 is 44.6 Å². The molecule has 0 aliphatic heterocycles. The summed E-state index contributed by atoms with van der Waals surface area (Å²) in [7, 11) is -2.95. The molecule has 0 saturated heterocycles. The van der Waals surface area contributed by atoms with E-state index in [4.69, 9.17) is 4.74 Å². The first kappa shape index (κ1) is 28.8. The van der Waals surface area contributed by atoms with E-state index in [1.54, 1.807) is 31.2 Å². The summed E-state index contributed by atoms with van der Waals surface area (Å²) < 4.78 is 33.2. The standard InChI is InChI=1S/C26H27N5O7S/c1-17-5-14-24(15-25(17)31(34)35)39(36,37)30(22-10-12-23(38-4)13-11-22)16-26(33)29-28-18(2)20-6-8-21(9-7-20)27-19(3)32/h5-15H,16H2,1-4H3,(H,27,32)(H,29,33)/b28-18-. The van der Waals surface area contributed by atoms with E-state index in [1.807, 2.05) is 0 Å². The molecule has 0 aliphatic carbocycles. The number of nitro benzene ring substituents is 1. The Morgan fingerprint density at radius 2 is 1.67 bits per heavy atom. The van der Waals surface area contributed by atoms with Crippen LogP contribution < -0.4 is 19.8 Å². The molecule has 13 heteroatoms. The van der Waals surface area contributed by atoms with E-state index in [0.717, 1.165) is 10.4 Å². The summed E-state index contributed by atoms with van der Waals surface area (Å²) in [5.41, 5.74) is 4.12. The molecule has 12 nitrogen and oxygen atoms in total. The molecule has 0 bridgehead atoms. The van der Waals surface area contributed by atoms with Gasteiger partial charge in [-0.2, -0.15) is 5.10 Å². The van der Waals surface area contributed by atoms with Gasteiger partial charge in [-0.1, -0.05) is 18.2 Å². The third kappa shape index (κ3) is 7.17. The van der Waals surface area contributed by atoms with Gasteiger partial charge in [0.15, 0.2) is 0 Å². The third-order valence-corrected chi connectivity index (χ3v) is 7.35. The monoisotopic (exact) mass is 553 g/mol. The Labute approximate surface area is 225 Å². The maximum absolute atomic E-state index is 13.6. The number of benzene rings is 3. The summed E-state index contributed by atoms with van der Waals surface area (Å²) in [6.07, 6.45) is 0. The number of nitrogens with zero attached hydrogens (tertiary/aromatic N) is 3. The lowest BCUT2D eigenvalue weighted by atomic mass is 10.1. The first-order chi connectivity index (χ1) is 18.4. The molecular weight excluding hydrogens is 526 g/mol. The van der Waals surface area contributed by atoms with Crippen LogP contribution in [0.5, 0.6) is 5.75 Å². The molecule has 2 N–H and O–H groups in total. The third-order valence-electron chi connectivity index (χ3n) is 5.58. The quantitative estimate of drug-likeness (QED) is 0.220. The largest absolute Gasteiger partial charge is 0.497 e. The fraction of sp³-hybridized carbons (Fsp3) is 0.192. The van der Waals surface area contributed by atoms with E-state index in [-0.39, 0.29) is 22.2 Å². The van der Waals surface area contributed by atoms with Crippen molar-refractivity contribution in [2.45, 2.75) is 25.7 Å². The lowest BCUT2D eigenvalue weighted by molar-refractivity contribution is -0.385. The van der Waals surface area contributed by atoms with Crippen molar-refractivity contribution in [1.82, 2.24) is 5.43 Å². The van der Waals surface area contributed by atoms with Crippen LogP contribution in [0.25, 0.3) is 0 Å². The van der Waals surface area contributed by atoms with Gasteiger partial charge in [0.05, 0.1) is 28.3 Å². The molecule has 0 spiro atoms. The van der Waals surface area contributed by atoms with E-state index in [0.29, 0.717) is 28.3 Å². The molecule has 3 aromatic carbocycles. The van der Waals surface area contributed by atoms with E-state index in [9.17, 15) is 28.1 Å². The van der Waals surface area contributed by atoms with Crippen LogP contribution >= 0.6 is 0 Å². The molecule has 0 saturated carbocycles. The molecule has 2 amide bonds. The highest BCUT2D eigenvalue weighted by molar-refractivity contribution is 7.92. The van der Waals surface area contributed by atoms with Crippen LogP contribution in [-0.4, -0.2) is 44.5 Å². The van der Waals surface area contributed by atoms with E-state index < -0.39 is 27.4 Å². The number of nitro groups is 1. The molecular formula is C26H27N5O7S. The molecule has 0 aromatic heterocycles. The number of ether oxygens (including phenoxy) is 1. The number of rotatable bonds is 10. The van der Waals surface area contributed by atoms with Gasteiger partial charge < -0.3 is 10.1 Å². The van der Waals surface area contributed by atoms with Crippen LogP contribution in [0, 0.1) is 17.0 Å². The van der Waals surface area contributed by atoms with Gasteiger partial charge in [0.1, 0.15) is 12.3 Å². The lowest BCUT2D eigenvalue weighted by Gasteiger charge is -2.24. The Balaban J connectivity index is 1.89. The van der Waals surface area contributed by atoms with Gasteiger partial charge in [0, 0.05) is 24.2 Å². The average Bonchev–Trinajstić information content (AvgIpc) is 2.90. The van der Waals surface area contributed by atoms with E-state index in [2.05, 4.69) is 15.8 Å². The highest BCUT2D eigenvalue weighted by Gasteiger charge is 2.29. The van der Waals surface area contributed by atoms with Gasteiger partial charge in [0.25, 0.3) is 21.6 Å². The summed E-state index contributed by atoms with van der Waals surface area (Å²) >= 11 is 0. The maximum atomic E-state index is 13.6. The van der Waals surface area contributed by atoms with Crippen LogP contribution in [0.4, 0.5) is 17.1 Å². The Morgan fingerprint density at radius 1 is 1.03 bits per heavy atom. The Kier molecular flexibility index (Phi) is 8.99. The van der Waals surface area contributed by atoms with Crippen molar-refractivity contribution < 1.29 is 27.7 Å². The lowest BCUT2D eigenvalue weighted by Crippen LogP contribution is -2.39. The van der Waals surface area contributed by atoms with Crippen molar-refractivity contribution in [3.05, 3.63) is 88.0 Å². The van der Waals surface area contributed by atoms with Crippen molar-refractivity contribution in [2.24, 2.45) is 5.10 Å². The van der Waals surface area contributed by atoms with Crippen molar-refractivity contribution in [3.63, 3.8) is 0 Å². The number of nitrogens with one attached hydrogen (secondary N) is 2. The Morgan fingerprint density at radius 3 is 2.23 bits per heavy atom. The summed E-state index contributed by atoms with van der Waals surface area (Å²) in [6, 6.07) is 16.3. The molecule has 0 heterocycles. The second-order valence-corrected chi connectivity index (χ2v) is 10.3. The SMILES string of the molecule is COc1ccc(N(CC(=O)N/N=C(/C)c2ccc(NC(C)=O)cc2)S(=O)(=O)c2ccc(C)c([N+](=O)[O-])c2)cc1. The minimum absolute atomic E-state index is 0.142. The molecule has 39 heavy (non-hydrogen) atoms. The highest BCUT2D eigenvalue weighted by Crippen LogP contribution is 2.29. The van der Waals surface area contributed by atoms with E-state index in [1.165, 1.54) is 57.4 Å². The number of anilines is 2. The van der Waals surface area contributed by atoms with Crippen LogP contribution in [0.15, 0.2) is 76.7 Å². The summed E-state index contributed by atoms with van der Waals surface area (Å²) in [5, 5.41) is 18.1. The number of hydrogen-bond acceptors (Lipinski definition) is 8. The van der Waals surface area contributed by atoms with E-state index >= 15 is 0 Å². The van der Waals surface area contributed by atoms with Crippen LogP contribution in [0.3, 0.4) is 0 Å². The van der Waals surface area contributed by atoms with Crippen molar-refractivity contribution in [2.75, 3.05) is 23.3 Å². The number of aryl methyl sites for hydroxylation is 1. The predicted octanol–water partition coefficient (Wildman–Crippen LogP) is 3.61. The Hall–Kier alpha value is -4.78. The van der Waals surface area contributed by atoms with Crippen LogP contribution in [0.1, 0.15) is 25.0 Å². The van der Waals surface area contributed by atoms with Gasteiger partial charge >= 0.3 is 0 Å². The average molecular weight is 554 g/mol. The number of hydrogen-bond donors (Lipinski definition) is 2. The summed E-state index contributed by atoms with van der Waals surface area (Å²) in [5.74, 6) is -0.487. The van der Waals surface area contributed by atoms with Gasteiger partial charge in [-0.05, 0) is 61.9 Å². The molecule has 0 fully saturated rings. The van der Waals surface area contributed by atoms with Gasteiger partial charge in [-0.25, -0.2) is 13.8 Å². The smallest absolute Gasteiger partial charge is 0.273 e. The first-order valence-electron chi connectivity index (χ1n) is 11.6. The van der Waals surface area contributed by atoms with Crippen LogP contribution in [0.2, 0.25) is 0 Å². The molecule has 204 valence electrons. The fourth-order valence-corrected chi connectivity index (χ4v) is 4.95. The zero-order valence-corrected chi connectivity index (χ0v) is 22.5. The minimum atomic E-state index is -4.40. The summed E-state index contributed by atoms with van der Waals surface area (Å²) in [6.45, 7) is 3.88. The topological polar surface area (TPSA) is 160 Å². The molecule has 3 rings (SSSR count). The number of sulfonamides is 1. The normalized spacial score (nSPS) is 11.4. The number of carbonyl (C=O) groups is 2.